The second-order valence-electron chi connectivity index (χ2n) is 9.94. The second kappa shape index (κ2) is 11.0. The summed E-state index contributed by atoms with van der Waals surface area (Å²) in [6.07, 6.45) is 0. The lowest BCUT2D eigenvalue weighted by atomic mass is 9.95. The lowest BCUT2D eigenvalue weighted by molar-refractivity contribution is 1.29. The highest BCUT2D eigenvalue weighted by molar-refractivity contribution is 9.10. The van der Waals surface area contributed by atoms with Gasteiger partial charge in [-0.3, -0.25) is 0 Å². The minimum absolute atomic E-state index is 1.06. The normalized spacial score (nSPS) is 11.0. The van der Waals surface area contributed by atoms with E-state index in [1.54, 1.807) is 0 Å². The molecule has 0 aromatic heterocycles. The molecule has 7 aromatic carbocycles. The maximum atomic E-state index is 3.63. The van der Waals surface area contributed by atoms with Crippen LogP contribution in [0.1, 0.15) is 0 Å². The summed E-state index contributed by atoms with van der Waals surface area (Å²) < 4.78 is 1.06. The zero-order valence-corrected chi connectivity index (χ0v) is 23.9. The number of halogens is 1. The van der Waals surface area contributed by atoms with E-state index in [9.17, 15) is 0 Å². The first-order valence-electron chi connectivity index (χ1n) is 13.7. The van der Waals surface area contributed by atoms with E-state index >= 15 is 0 Å². The molecule has 0 atom stereocenters. The van der Waals surface area contributed by atoms with E-state index in [2.05, 4.69) is 190 Å². The highest BCUT2D eigenvalue weighted by Crippen LogP contribution is 2.50. The van der Waals surface area contributed by atoms with Crippen LogP contribution in [0.25, 0.3) is 21.5 Å². The Morgan fingerprint density at radius 3 is 0.878 bits per heavy atom. The van der Waals surface area contributed by atoms with E-state index < -0.39 is 0 Å². The molecule has 196 valence electrons. The van der Waals surface area contributed by atoms with Crippen molar-refractivity contribution in [3.05, 3.63) is 168 Å². The first-order valence-corrected chi connectivity index (χ1v) is 14.5. The van der Waals surface area contributed by atoms with Crippen LogP contribution in [-0.4, -0.2) is 0 Å². The van der Waals surface area contributed by atoms with Crippen LogP contribution in [0.4, 0.5) is 34.1 Å². The van der Waals surface area contributed by atoms with E-state index in [-0.39, 0.29) is 0 Å². The Kier molecular flexibility index (Phi) is 6.72. The number of anilines is 6. The molecule has 0 N–H and O–H groups in total. The quantitative estimate of drug-likeness (QED) is 0.140. The van der Waals surface area contributed by atoms with Gasteiger partial charge in [0, 0.05) is 48.8 Å². The molecule has 41 heavy (non-hydrogen) atoms. The van der Waals surface area contributed by atoms with Gasteiger partial charge in [0.25, 0.3) is 0 Å². The Balaban J connectivity index is 1.61. The Morgan fingerprint density at radius 2 is 0.561 bits per heavy atom. The number of hydrogen-bond acceptors (Lipinski definition) is 2. The van der Waals surface area contributed by atoms with Gasteiger partial charge in [-0.25, -0.2) is 0 Å². The van der Waals surface area contributed by atoms with Crippen LogP contribution in [0.15, 0.2) is 168 Å². The molecule has 0 saturated heterocycles. The third kappa shape index (κ3) is 4.65. The summed E-state index contributed by atoms with van der Waals surface area (Å²) in [5, 5.41) is 4.74. The Hall–Kier alpha value is -4.86. The van der Waals surface area contributed by atoms with Crippen LogP contribution < -0.4 is 9.80 Å². The van der Waals surface area contributed by atoms with E-state index in [1.807, 2.05) is 0 Å². The third-order valence-corrected chi connectivity index (χ3v) is 7.98. The maximum absolute atomic E-state index is 3.63. The first kappa shape index (κ1) is 25.1. The third-order valence-electron chi connectivity index (χ3n) is 7.45. The van der Waals surface area contributed by atoms with Crippen LogP contribution in [0.5, 0.6) is 0 Å². The molecule has 3 heteroatoms. The molecule has 0 fully saturated rings. The fourth-order valence-electron chi connectivity index (χ4n) is 5.70. The van der Waals surface area contributed by atoms with Crippen LogP contribution in [-0.2, 0) is 0 Å². The lowest BCUT2D eigenvalue weighted by Gasteiger charge is -2.32. The minimum Gasteiger partial charge on any atom is -0.309 e. The molecule has 7 aromatic rings. The molecule has 0 heterocycles. The van der Waals surface area contributed by atoms with Crippen LogP contribution in [0.2, 0.25) is 0 Å². The average Bonchev–Trinajstić information content (AvgIpc) is 3.04. The summed E-state index contributed by atoms with van der Waals surface area (Å²) in [5.74, 6) is 0. The molecule has 0 bridgehead atoms. The van der Waals surface area contributed by atoms with Crippen molar-refractivity contribution in [2.75, 3.05) is 9.80 Å². The van der Waals surface area contributed by atoms with Gasteiger partial charge in [0.1, 0.15) is 0 Å². The van der Waals surface area contributed by atoms with Gasteiger partial charge in [-0.05, 0) is 60.7 Å². The lowest BCUT2D eigenvalue weighted by Crippen LogP contribution is -2.14. The standard InChI is InChI=1S/C38H27BrN2/c39-28-24-26-32(27-25-28)41(31-18-8-3-9-19-31)38-35-22-12-10-20-33(35)37(34-21-11-13-23-36(34)38)40(29-14-4-1-5-15-29)30-16-6-2-7-17-30/h1-27H. The fourth-order valence-corrected chi connectivity index (χ4v) is 5.96. The van der Waals surface area contributed by atoms with E-state index in [1.165, 1.54) is 27.2 Å². The van der Waals surface area contributed by atoms with Crippen molar-refractivity contribution < 1.29 is 0 Å². The van der Waals surface area contributed by atoms with Gasteiger partial charge in [0.15, 0.2) is 0 Å². The zero-order valence-electron chi connectivity index (χ0n) is 22.4. The van der Waals surface area contributed by atoms with Crippen molar-refractivity contribution in [1.82, 2.24) is 0 Å². The number of fused-ring (bicyclic) bond motifs is 2. The molecular weight excluding hydrogens is 564 g/mol. The van der Waals surface area contributed by atoms with Gasteiger partial charge in [-0.2, -0.15) is 0 Å². The molecule has 0 spiro atoms. The Labute approximate surface area is 248 Å². The second-order valence-corrected chi connectivity index (χ2v) is 10.9. The maximum Gasteiger partial charge on any atom is 0.0619 e. The number of nitrogens with zero attached hydrogens (tertiary/aromatic N) is 2. The van der Waals surface area contributed by atoms with Gasteiger partial charge in [-0.1, -0.05) is 119 Å². The molecule has 0 amide bonds. The molecule has 0 radical (unpaired) electrons. The van der Waals surface area contributed by atoms with Gasteiger partial charge < -0.3 is 9.80 Å². The summed E-state index contributed by atoms with van der Waals surface area (Å²) in [6, 6.07) is 58.1. The summed E-state index contributed by atoms with van der Waals surface area (Å²) in [6.45, 7) is 0. The largest absolute Gasteiger partial charge is 0.309 e. The monoisotopic (exact) mass is 590 g/mol. The van der Waals surface area contributed by atoms with Gasteiger partial charge in [0.05, 0.1) is 11.4 Å². The summed E-state index contributed by atoms with van der Waals surface area (Å²) in [5.41, 5.74) is 6.78. The van der Waals surface area contributed by atoms with Crippen LogP contribution in [0.3, 0.4) is 0 Å². The highest BCUT2D eigenvalue weighted by Gasteiger charge is 2.24. The van der Waals surface area contributed by atoms with Crippen molar-refractivity contribution >= 4 is 71.6 Å². The fraction of sp³-hybridized carbons (Fsp3) is 0. The number of para-hydroxylation sites is 3. The van der Waals surface area contributed by atoms with E-state index in [4.69, 9.17) is 0 Å². The topological polar surface area (TPSA) is 6.48 Å². The SMILES string of the molecule is Brc1ccc(N(c2ccccc2)c2c3ccccc3c(N(c3ccccc3)c3ccccc3)c3ccccc23)cc1. The first-order chi connectivity index (χ1) is 20.3. The van der Waals surface area contributed by atoms with Crippen molar-refractivity contribution in [2.24, 2.45) is 0 Å². The number of hydrogen-bond donors (Lipinski definition) is 0. The predicted octanol–water partition coefficient (Wildman–Crippen LogP) is 11.7. The van der Waals surface area contributed by atoms with Crippen LogP contribution in [0, 0.1) is 0 Å². The zero-order chi connectivity index (χ0) is 27.6. The highest BCUT2D eigenvalue weighted by atomic mass is 79.9. The summed E-state index contributed by atoms with van der Waals surface area (Å²) in [7, 11) is 0. The van der Waals surface area contributed by atoms with Crippen molar-refractivity contribution in [3.63, 3.8) is 0 Å². The Bertz CT molecular complexity index is 1840. The molecule has 0 aliphatic carbocycles. The summed E-state index contributed by atoms with van der Waals surface area (Å²) in [4.78, 5) is 4.77. The van der Waals surface area contributed by atoms with E-state index in [0.29, 0.717) is 0 Å². The molecule has 0 aliphatic rings. The van der Waals surface area contributed by atoms with Gasteiger partial charge in [0.2, 0.25) is 0 Å². The smallest absolute Gasteiger partial charge is 0.0619 e. The number of rotatable bonds is 6. The minimum atomic E-state index is 1.06. The number of benzene rings is 7. The van der Waals surface area contributed by atoms with Crippen molar-refractivity contribution in [2.45, 2.75) is 0 Å². The molecular formula is C38H27BrN2. The Morgan fingerprint density at radius 1 is 0.293 bits per heavy atom. The van der Waals surface area contributed by atoms with Crippen molar-refractivity contribution in [3.8, 4) is 0 Å². The van der Waals surface area contributed by atoms with Gasteiger partial charge >= 0.3 is 0 Å². The van der Waals surface area contributed by atoms with Crippen molar-refractivity contribution in [1.29, 1.82) is 0 Å². The molecule has 0 saturated carbocycles. The van der Waals surface area contributed by atoms with Crippen LogP contribution >= 0.6 is 15.9 Å². The molecule has 7 rings (SSSR count). The molecule has 2 nitrogen and oxygen atoms in total. The summed E-state index contributed by atoms with van der Waals surface area (Å²) >= 11 is 3.63. The predicted molar refractivity (Wildman–Crippen MR) is 179 cm³/mol. The van der Waals surface area contributed by atoms with E-state index in [0.717, 1.165) is 32.9 Å². The molecule has 0 aliphatic heterocycles. The average molecular weight is 592 g/mol. The molecule has 0 unspecified atom stereocenters. The van der Waals surface area contributed by atoms with Gasteiger partial charge in [-0.15, -0.1) is 0 Å².